The summed E-state index contributed by atoms with van der Waals surface area (Å²) in [6.45, 7) is 5.08. The van der Waals surface area contributed by atoms with Gasteiger partial charge in [-0.15, -0.1) is 0 Å². The van der Waals surface area contributed by atoms with E-state index in [1.165, 1.54) is 12.0 Å². The molecule has 4 rings (SSSR count). The van der Waals surface area contributed by atoms with Gasteiger partial charge in [0.1, 0.15) is 6.61 Å². The third-order valence-corrected chi connectivity index (χ3v) is 5.02. The lowest BCUT2D eigenvalue weighted by molar-refractivity contribution is -0.140. The summed E-state index contributed by atoms with van der Waals surface area (Å²) in [5.41, 5.74) is 1.35. The fourth-order valence-corrected chi connectivity index (χ4v) is 3.84. The van der Waals surface area contributed by atoms with Crippen molar-refractivity contribution in [3.8, 4) is 0 Å². The summed E-state index contributed by atoms with van der Waals surface area (Å²) in [4.78, 5) is 17.1. The quantitative estimate of drug-likeness (QED) is 0.714. The van der Waals surface area contributed by atoms with Gasteiger partial charge in [-0.25, -0.2) is 0 Å². The second-order valence-corrected chi connectivity index (χ2v) is 6.87. The third-order valence-electron chi connectivity index (χ3n) is 5.02. The van der Waals surface area contributed by atoms with Crippen LogP contribution in [0.15, 0.2) is 30.3 Å². The van der Waals surface area contributed by atoms with E-state index < -0.39 is 0 Å². The van der Waals surface area contributed by atoms with Crippen LogP contribution in [0.25, 0.3) is 0 Å². The highest BCUT2D eigenvalue weighted by atomic mass is 16.5. The maximum atomic E-state index is 12.5. The number of methoxy groups -OCH3 is 1. The smallest absolute Gasteiger partial charge is 0.248 e. The molecule has 0 saturated carbocycles. The van der Waals surface area contributed by atoms with Crippen LogP contribution in [0.2, 0.25) is 0 Å². The van der Waals surface area contributed by atoms with Crippen molar-refractivity contribution in [1.29, 1.82) is 0 Å². The minimum atomic E-state index is 0.127. The van der Waals surface area contributed by atoms with E-state index in [2.05, 4.69) is 40.1 Å². The average molecular weight is 332 g/mol. The second-order valence-electron chi connectivity index (χ2n) is 6.87. The lowest BCUT2D eigenvalue weighted by Gasteiger charge is -2.36. The van der Waals surface area contributed by atoms with Crippen molar-refractivity contribution >= 4 is 5.91 Å². The van der Waals surface area contributed by atoms with Crippen LogP contribution in [0.1, 0.15) is 18.4 Å². The van der Waals surface area contributed by atoms with Crippen LogP contribution >= 0.6 is 0 Å². The Bertz CT molecular complexity index is 523. The molecule has 3 aliphatic heterocycles. The van der Waals surface area contributed by atoms with E-state index in [0.29, 0.717) is 25.2 Å². The molecule has 0 radical (unpaired) electrons. The van der Waals surface area contributed by atoms with Crippen molar-refractivity contribution in [1.82, 2.24) is 9.80 Å². The zero-order chi connectivity index (χ0) is 16.8. The Kier molecular flexibility index (Phi) is 6.24. The Morgan fingerprint density at radius 3 is 2.75 bits per heavy atom. The van der Waals surface area contributed by atoms with Gasteiger partial charge in [-0.1, -0.05) is 30.3 Å². The van der Waals surface area contributed by atoms with Gasteiger partial charge in [-0.05, 0) is 24.3 Å². The van der Waals surface area contributed by atoms with Crippen molar-refractivity contribution in [3.63, 3.8) is 0 Å². The van der Waals surface area contributed by atoms with E-state index in [4.69, 9.17) is 9.47 Å². The Hall–Kier alpha value is -1.43. The first-order chi connectivity index (χ1) is 11.8. The van der Waals surface area contributed by atoms with Gasteiger partial charge in [-0.2, -0.15) is 0 Å². The van der Waals surface area contributed by atoms with Crippen molar-refractivity contribution in [2.75, 3.05) is 46.6 Å². The highest BCUT2D eigenvalue weighted by molar-refractivity contribution is 5.78. The molecule has 3 aliphatic rings. The topological polar surface area (TPSA) is 42.0 Å². The largest absolute Gasteiger partial charge is 0.382 e. The molecule has 1 amide bonds. The molecule has 3 fully saturated rings. The maximum Gasteiger partial charge on any atom is 0.248 e. The standard InChI is InChI=1S/C19H28N2O3/c1-23-9-10-24-15-19(22)21-13-17-7-8-18(21)14-20(12-17)11-16-5-3-2-4-6-16/h2-6,17-18H,7-15H2,1H3/t17-,18+/m0/s1. The molecule has 2 bridgehead atoms. The minimum absolute atomic E-state index is 0.127. The zero-order valence-corrected chi connectivity index (χ0v) is 14.5. The van der Waals surface area contributed by atoms with Crippen LogP contribution in [-0.2, 0) is 20.8 Å². The normalized spacial score (nSPS) is 24.1. The Morgan fingerprint density at radius 1 is 1.12 bits per heavy atom. The zero-order valence-electron chi connectivity index (χ0n) is 14.5. The molecular formula is C19H28N2O3. The molecule has 0 aromatic heterocycles. The summed E-state index contributed by atoms with van der Waals surface area (Å²) in [6, 6.07) is 10.9. The predicted octanol–water partition coefficient (Wildman–Crippen LogP) is 1.77. The molecule has 0 aliphatic carbocycles. The van der Waals surface area contributed by atoms with Crippen LogP contribution < -0.4 is 0 Å². The fraction of sp³-hybridized carbons (Fsp3) is 0.632. The summed E-state index contributed by atoms with van der Waals surface area (Å²) >= 11 is 0. The van der Waals surface area contributed by atoms with E-state index >= 15 is 0 Å². The van der Waals surface area contributed by atoms with Gasteiger partial charge < -0.3 is 14.4 Å². The van der Waals surface area contributed by atoms with E-state index in [-0.39, 0.29) is 12.5 Å². The summed E-state index contributed by atoms with van der Waals surface area (Å²) in [5.74, 6) is 0.706. The molecule has 3 saturated heterocycles. The Balaban J connectivity index is 1.56. The van der Waals surface area contributed by atoms with E-state index in [1.54, 1.807) is 7.11 Å². The first-order valence-electron chi connectivity index (χ1n) is 8.88. The molecule has 3 heterocycles. The number of ether oxygens (including phenoxy) is 2. The van der Waals surface area contributed by atoms with Crippen LogP contribution in [0, 0.1) is 5.92 Å². The van der Waals surface area contributed by atoms with Crippen molar-refractivity contribution in [3.05, 3.63) is 35.9 Å². The van der Waals surface area contributed by atoms with Crippen molar-refractivity contribution < 1.29 is 14.3 Å². The molecule has 1 aromatic rings. The molecule has 1 aromatic carbocycles. The summed E-state index contributed by atoms with van der Waals surface area (Å²) < 4.78 is 10.4. The van der Waals surface area contributed by atoms with Gasteiger partial charge in [0.25, 0.3) is 0 Å². The van der Waals surface area contributed by atoms with Gasteiger partial charge >= 0.3 is 0 Å². The van der Waals surface area contributed by atoms with E-state index in [0.717, 1.165) is 32.6 Å². The minimum Gasteiger partial charge on any atom is -0.382 e. The Labute approximate surface area is 144 Å². The van der Waals surface area contributed by atoms with Crippen LogP contribution in [0.3, 0.4) is 0 Å². The molecular weight excluding hydrogens is 304 g/mol. The van der Waals surface area contributed by atoms with Crippen LogP contribution in [0.5, 0.6) is 0 Å². The van der Waals surface area contributed by atoms with Gasteiger partial charge in [-0.3, -0.25) is 9.69 Å². The lowest BCUT2D eigenvalue weighted by Crippen LogP contribution is -2.48. The number of rotatable bonds is 7. The highest BCUT2D eigenvalue weighted by Gasteiger charge is 2.36. The first kappa shape index (κ1) is 17.4. The monoisotopic (exact) mass is 332 g/mol. The van der Waals surface area contributed by atoms with E-state index in [1.807, 2.05) is 0 Å². The van der Waals surface area contributed by atoms with Gasteiger partial charge in [0.2, 0.25) is 5.91 Å². The third kappa shape index (κ3) is 4.56. The number of benzene rings is 1. The molecule has 0 unspecified atom stereocenters. The number of carbonyl (C=O) groups is 1. The molecule has 2 atom stereocenters. The maximum absolute atomic E-state index is 12.5. The Morgan fingerprint density at radius 2 is 1.96 bits per heavy atom. The SMILES string of the molecule is COCCOCC(=O)N1C[C@H]2CC[C@@H]1CN(Cc1ccccc1)C2. The number of hydrogen-bond donors (Lipinski definition) is 0. The van der Waals surface area contributed by atoms with Gasteiger partial charge in [0, 0.05) is 39.3 Å². The molecule has 0 N–H and O–H groups in total. The highest BCUT2D eigenvalue weighted by Crippen LogP contribution is 2.28. The number of piperidine rings is 1. The molecule has 132 valence electrons. The second kappa shape index (κ2) is 8.60. The number of fused-ring (bicyclic) bond motifs is 4. The lowest BCUT2D eigenvalue weighted by atomic mass is 9.95. The molecule has 5 nitrogen and oxygen atoms in total. The number of carbonyl (C=O) groups excluding carboxylic acids is 1. The number of hydrogen-bond acceptors (Lipinski definition) is 4. The van der Waals surface area contributed by atoms with Crippen molar-refractivity contribution in [2.45, 2.75) is 25.4 Å². The average Bonchev–Trinajstić information content (AvgIpc) is 2.90. The van der Waals surface area contributed by atoms with Gasteiger partial charge in [0.05, 0.1) is 13.2 Å². The van der Waals surface area contributed by atoms with Crippen LogP contribution in [0.4, 0.5) is 0 Å². The van der Waals surface area contributed by atoms with Crippen molar-refractivity contribution in [2.24, 2.45) is 5.92 Å². The van der Waals surface area contributed by atoms with E-state index in [9.17, 15) is 4.79 Å². The molecule has 5 heteroatoms. The van der Waals surface area contributed by atoms with Crippen LogP contribution in [-0.4, -0.2) is 68.3 Å². The summed E-state index contributed by atoms with van der Waals surface area (Å²) in [7, 11) is 1.64. The van der Waals surface area contributed by atoms with Gasteiger partial charge in [0.15, 0.2) is 0 Å². The molecule has 24 heavy (non-hydrogen) atoms. The number of nitrogens with zero attached hydrogens (tertiary/aromatic N) is 2. The molecule has 0 spiro atoms. The number of amides is 1. The predicted molar refractivity (Wildman–Crippen MR) is 92.6 cm³/mol. The summed E-state index contributed by atoms with van der Waals surface area (Å²) in [6.07, 6.45) is 2.34. The first-order valence-corrected chi connectivity index (χ1v) is 8.88. The summed E-state index contributed by atoms with van der Waals surface area (Å²) in [5, 5.41) is 0. The fourth-order valence-electron chi connectivity index (χ4n) is 3.84.